The van der Waals surface area contributed by atoms with Crippen molar-refractivity contribution < 1.29 is 4.74 Å². The molecule has 4 heteroatoms. The fourth-order valence-electron chi connectivity index (χ4n) is 4.93. The van der Waals surface area contributed by atoms with Crippen molar-refractivity contribution in [1.82, 2.24) is 10.2 Å². The summed E-state index contributed by atoms with van der Waals surface area (Å²) in [6.07, 6.45) is 4.16. The van der Waals surface area contributed by atoms with Gasteiger partial charge >= 0.3 is 0 Å². The highest BCUT2D eigenvalue weighted by Gasteiger charge is 2.37. The molecule has 0 radical (unpaired) electrons. The molecule has 0 bridgehead atoms. The number of ether oxygens (including phenoxy) is 1. The minimum absolute atomic E-state index is 0.399. The van der Waals surface area contributed by atoms with E-state index in [2.05, 4.69) is 54.1 Å². The van der Waals surface area contributed by atoms with Gasteiger partial charge in [-0.1, -0.05) is 6.07 Å². The summed E-state index contributed by atoms with van der Waals surface area (Å²) < 4.78 is 5.84. The average molecular weight is 344 g/mol. The first-order chi connectivity index (χ1) is 12.1. The molecule has 3 heterocycles. The zero-order chi connectivity index (χ0) is 17.4. The van der Waals surface area contributed by atoms with Crippen LogP contribution in [0, 0.1) is 13.8 Å². The van der Waals surface area contributed by atoms with Crippen LogP contribution in [0.1, 0.15) is 37.3 Å². The highest BCUT2D eigenvalue weighted by molar-refractivity contribution is 5.51. The maximum Gasteiger partial charge on any atom is 0.0674 e. The molecule has 1 aromatic carbocycles. The fraction of sp³-hybridized carbons (Fsp3) is 0.714. The maximum absolute atomic E-state index is 5.84. The first-order valence-electron chi connectivity index (χ1n) is 10.0. The normalized spacial score (nSPS) is 31.3. The minimum atomic E-state index is 0.399. The van der Waals surface area contributed by atoms with Gasteiger partial charge < -0.3 is 15.0 Å². The topological polar surface area (TPSA) is 27.7 Å². The summed E-state index contributed by atoms with van der Waals surface area (Å²) in [6, 6.07) is 8.89. The quantitative estimate of drug-likeness (QED) is 0.913. The molecule has 3 aliphatic rings. The number of hydrogen-bond donors (Lipinski definition) is 1. The Bertz CT molecular complexity index is 577. The predicted molar refractivity (Wildman–Crippen MR) is 103 cm³/mol. The smallest absolute Gasteiger partial charge is 0.0674 e. The van der Waals surface area contributed by atoms with E-state index in [4.69, 9.17) is 4.74 Å². The minimum Gasteiger partial charge on any atom is -0.376 e. The van der Waals surface area contributed by atoms with E-state index in [0.717, 1.165) is 13.2 Å². The Hall–Kier alpha value is -1.10. The van der Waals surface area contributed by atoms with Crippen LogP contribution in [0.4, 0.5) is 5.69 Å². The SMILES string of the molecule is Cc1cc(C)cc(N2CCC(N[C@@H]3C[C@H]4CO[C@@H](C)CN4C3)CC2)c1. The van der Waals surface area contributed by atoms with Crippen LogP contribution in [0.25, 0.3) is 0 Å². The summed E-state index contributed by atoms with van der Waals surface area (Å²) in [5.41, 5.74) is 4.14. The molecule has 0 saturated carbocycles. The van der Waals surface area contributed by atoms with E-state index < -0.39 is 0 Å². The van der Waals surface area contributed by atoms with Crippen LogP contribution in [-0.2, 0) is 4.74 Å². The lowest BCUT2D eigenvalue weighted by Gasteiger charge is -2.35. The zero-order valence-electron chi connectivity index (χ0n) is 16.0. The number of morpholine rings is 1. The number of benzene rings is 1. The number of aryl methyl sites for hydroxylation is 2. The highest BCUT2D eigenvalue weighted by atomic mass is 16.5. The van der Waals surface area contributed by atoms with E-state index in [9.17, 15) is 0 Å². The molecule has 1 N–H and O–H groups in total. The van der Waals surface area contributed by atoms with Gasteiger partial charge in [0.05, 0.1) is 12.7 Å². The summed E-state index contributed by atoms with van der Waals surface area (Å²) in [5, 5.41) is 3.96. The first-order valence-corrected chi connectivity index (χ1v) is 10.0. The van der Waals surface area contributed by atoms with Crippen molar-refractivity contribution in [2.24, 2.45) is 0 Å². The van der Waals surface area contributed by atoms with Crippen molar-refractivity contribution >= 4 is 5.69 Å². The fourth-order valence-corrected chi connectivity index (χ4v) is 4.93. The number of piperidine rings is 1. The van der Waals surface area contributed by atoms with Gasteiger partial charge in [0, 0.05) is 50.0 Å². The Morgan fingerprint density at radius 2 is 1.72 bits per heavy atom. The molecule has 0 aromatic heterocycles. The molecule has 3 saturated heterocycles. The molecule has 4 rings (SSSR count). The largest absolute Gasteiger partial charge is 0.376 e. The van der Waals surface area contributed by atoms with Crippen molar-refractivity contribution in [2.75, 3.05) is 37.7 Å². The number of fused-ring (bicyclic) bond motifs is 1. The lowest BCUT2D eigenvalue weighted by molar-refractivity contribution is -0.0390. The molecule has 25 heavy (non-hydrogen) atoms. The maximum atomic E-state index is 5.84. The van der Waals surface area contributed by atoms with Crippen LogP contribution in [0.2, 0.25) is 0 Å². The van der Waals surface area contributed by atoms with E-state index in [0.29, 0.717) is 24.2 Å². The molecule has 0 amide bonds. The monoisotopic (exact) mass is 343 g/mol. The molecule has 3 atom stereocenters. The second-order valence-electron chi connectivity index (χ2n) is 8.46. The molecule has 138 valence electrons. The molecule has 3 aliphatic heterocycles. The van der Waals surface area contributed by atoms with Crippen LogP contribution in [0.5, 0.6) is 0 Å². The summed E-state index contributed by atoms with van der Waals surface area (Å²) >= 11 is 0. The number of rotatable bonds is 3. The molecule has 4 nitrogen and oxygen atoms in total. The Balaban J connectivity index is 1.28. The van der Waals surface area contributed by atoms with Gasteiger partial charge in [0.2, 0.25) is 0 Å². The van der Waals surface area contributed by atoms with Crippen molar-refractivity contribution in [1.29, 1.82) is 0 Å². The molecule has 0 spiro atoms. The van der Waals surface area contributed by atoms with Crippen LogP contribution in [0.15, 0.2) is 18.2 Å². The molecular weight excluding hydrogens is 310 g/mol. The van der Waals surface area contributed by atoms with E-state index in [1.807, 2.05) is 0 Å². The van der Waals surface area contributed by atoms with Crippen molar-refractivity contribution in [3.8, 4) is 0 Å². The second kappa shape index (κ2) is 7.26. The van der Waals surface area contributed by atoms with Gasteiger partial charge in [-0.15, -0.1) is 0 Å². The van der Waals surface area contributed by atoms with Gasteiger partial charge in [-0.25, -0.2) is 0 Å². The van der Waals surface area contributed by atoms with Crippen LogP contribution >= 0.6 is 0 Å². The van der Waals surface area contributed by atoms with Gasteiger partial charge in [-0.3, -0.25) is 4.90 Å². The third-order valence-electron chi connectivity index (χ3n) is 6.13. The van der Waals surface area contributed by atoms with Crippen molar-refractivity contribution in [3.05, 3.63) is 29.3 Å². The molecule has 1 aromatic rings. The number of nitrogens with one attached hydrogen (secondary N) is 1. The third-order valence-corrected chi connectivity index (χ3v) is 6.13. The van der Waals surface area contributed by atoms with E-state index >= 15 is 0 Å². The predicted octanol–water partition coefficient (Wildman–Crippen LogP) is 2.72. The molecule has 0 aliphatic carbocycles. The summed E-state index contributed by atoms with van der Waals surface area (Å²) in [6.45, 7) is 12.2. The highest BCUT2D eigenvalue weighted by Crippen LogP contribution is 2.26. The van der Waals surface area contributed by atoms with E-state index in [1.54, 1.807) is 0 Å². The second-order valence-corrected chi connectivity index (χ2v) is 8.46. The lowest BCUT2D eigenvalue weighted by atomic mass is 10.0. The number of nitrogens with zero attached hydrogens (tertiary/aromatic N) is 2. The first kappa shape index (κ1) is 17.3. The standard InChI is InChI=1S/C21H33N3O/c1-15-8-16(2)10-20(9-15)23-6-4-18(5-7-23)22-19-11-21-14-25-17(3)12-24(21)13-19/h8-10,17-19,21-22H,4-7,11-14H2,1-3H3/t17-,19+,21-/m0/s1. The molecule has 3 fully saturated rings. The molecule has 0 unspecified atom stereocenters. The molecular formula is C21H33N3O. The number of hydrogen-bond acceptors (Lipinski definition) is 4. The third kappa shape index (κ3) is 4.02. The Morgan fingerprint density at radius 3 is 2.44 bits per heavy atom. The Morgan fingerprint density at radius 1 is 1.00 bits per heavy atom. The van der Waals surface area contributed by atoms with Gasteiger partial charge in [-0.05, 0) is 63.3 Å². The summed E-state index contributed by atoms with van der Waals surface area (Å²) in [4.78, 5) is 5.20. The summed E-state index contributed by atoms with van der Waals surface area (Å²) in [7, 11) is 0. The van der Waals surface area contributed by atoms with Crippen molar-refractivity contribution in [2.45, 2.75) is 64.3 Å². The Kier molecular flexibility index (Phi) is 5.03. The Labute approximate surface area is 152 Å². The van der Waals surface area contributed by atoms with Gasteiger partial charge in [-0.2, -0.15) is 0 Å². The van der Waals surface area contributed by atoms with Crippen LogP contribution < -0.4 is 10.2 Å². The number of anilines is 1. The van der Waals surface area contributed by atoms with E-state index in [1.165, 1.54) is 55.7 Å². The van der Waals surface area contributed by atoms with Crippen LogP contribution in [0.3, 0.4) is 0 Å². The summed E-state index contributed by atoms with van der Waals surface area (Å²) in [5.74, 6) is 0. The van der Waals surface area contributed by atoms with Gasteiger partial charge in [0.15, 0.2) is 0 Å². The van der Waals surface area contributed by atoms with Crippen LogP contribution in [-0.4, -0.2) is 61.9 Å². The van der Waals surface area contributed by atoms with Gasteiger partial charge in [0.25, 0.3) is 0 Å². The van der Waals surface area contributed by atoms with E-state index in [-0.39, 0.29) is 0 Å². The average Bonchev–Trinajstić information content (AvgIpc) is 2.96. The zero-order valence-corrected chi connectivity index (χ0v) is 16.0. The lowest BCUT2D eigenvalue weighted by Crippen LogP contribution is -2.47. The van der Waals surface area contributed by atoms with Gasteiger partial charge in [0.1, 0.15) is 0 Å². The van der Waals surface area contributed by atoms with Crippen molar-refractivity contribution in [3.63, 3.8) is 0 Å².